The van der Waals surface area contributed by atoms with Crippen LogP contribution in [0.25, 0.3) is 0 Å². The number of alkyl halides is 3. The minimum atomic E-state index is -2.89. The first kappa shape index (κ1) is 25.9. The van der Waals surface area contributed by atoms with E-state index in [1.165, 1.54) is 11.3 Å². The van der Waals surface area contributed by atoms with Crippen molar-refractivity contribution in [2.24, 2.45) is 0 Å². The lowest BCUT2D eigenvalue weighted by atomic mass is 9.81. The molecule has 1 fully saturated rings. The monoisotopic (exact) mass is 515 g/mol. The molecular weight excluding hydrogens is 483 g/mol. The lowest BCUT2D eigenvalue weighted by molar-refractivity contribution is -0.121. The Morgan fingerprint density at radius 3 is 2.71 bits per heavy atom. The number of ether oxygens (including phenoxy) is 1. The highest BCUT2D eigenvalue weighted by atomic mass is 32.1. The molecule has 1 aliphatic carbocycles. The lowest BCUT2D eigenvalue weighted by Gasteiger charge is -2.35. The second kappa shape index (κ2) is 10.8. The van der Waals surface area contributed by atoms with Gasteiger partial charge in [-0.2, -0.15) is 4.98 Å². The summed E-state index contributed by atoms with van der Waals surface area (Å²) in [6, 6.07) is -0.0382. The molecule has 194 valence electrons. The van der Waals surface area contributed by atoms with Crippen LogP contribution in [0.5, 0.6) is 5.19 Å². The van der Waals surface area contributed by atoms with E-state index in [1.54, 1.807) is 6.92 Å². The maximum Gasteiger partial charge on any atom is 0.278 e. The van der Waals surface area contributed by atoms with E-state index >= 15 is 4.39 Å². The van der Waals surface area contributed by atoms with Gasteiger partial charge in [0.25, 0.3) is 11.1 Å². The van der Waals surface area contributed by atoms with E-state index in [-0.39, 0.29) is 18.4 Å². The number of carbonyl (C=O) groups is 1. The van der Waals surface area contributed by atoms with Crippen molar-refractivity contribution in [1.82, 2.24) is 25.3 Å². The Morgan fingerprint density at radius 2 is 2.03 bits per heavy atom. The van der Waals surface area contributed by atoms with Crippen molar-refractivity contribution in [3.05, 3.63) is 22.3 Å². The first-order valence-corrected chi connectivity index (χ1v) is 12.9. The number of rotatable bonds is 9. The number of nitrogens with zero attached hydrogens (tertiary/aromatic N) is 4. The van der Waals surface area contributed by atoms with Gasteiger partial charge in [-0.05, 0) is 38.5 Å². The predicted octanol–water partition coefficient (Wildman–Crippen LogP) is 3.67. The summed E-state index contributed by atoms with van der Waals surface area (Å²) in [7, 11) is 0. The van der Waals surface area contributed by atoms with Crippen molar-refractivity contribution in [1.29, 1.82) is 0 Å². The average molecular weight is 516 g/mol. The summed E-state index contributed by atoms with van der Waals surface area (Å²) in [6.07, 6.45) is 4.02. The summed E-state index contributed by atoms with van der Waals surface area (Å²) >= 11 is 1.33. The van der Waals surface area contributed by atoms with E-state index < -0.39 is 18.2 Å². The Hall–Kier alpha value is -2.21. The van der Waals surface area contributed by atoms with Gasteiger partial charge >= 0.3 is 0 Å². The Labute approximate surface area is 206 Å². The molecule has 1 aliphatic heterocycles. The van der Waals surface area contributed by atoms with Gasteiger partial charge in [-0.3, -0.25) is 4.79 Å². The second-order valence-corrected chi connectivity index (χ2v) is 10.7. The molecule has 0 unspecified atom stereocenters. The normalized spacial score (nSPS) is 23.5. The van der Waals surface area contributed by atoms with Crippen LogP contribution in [-0.4, -0.2) is 69.8 Å². The number of halogens is 3. The Kier molecular flexibility index (Phi) is 7.99. The summed E-state index contributed by atoms with van der Waals surface area (Å²) in [5, 5.41) is 6.99. The highest BCUT2D eigenvalue weighted by Crippen LogP contribution is 2.35. The minimum Gasteiger partial charge on any atom is -0.464 e. The molecule has 2 aromatic heterocycles. The van der Waals surface area contributed by atoms with Crippen LogP contribution in [0.2, 0.25) is 0 Å². The number of hydrogen-bond donors (Lipinski definition) is 1. The van der Waals surface area contributed by atoms with Crippen LogP contribution in [0.3, 0.4) is 0 Å². The van der Waals surface area contributed by atoms with E-state index in [0.717, 1.165) is 37.0 Å². The molecule has 0 radical (unpaired) electrons. The molecular formula is C23H32F3N5O3S. The van der Waals surface area contributed by atoms with E-state index in [2.05, 4.69) is 25.3 Å². The van der Waals surface area contributed by atoms with Gasteiger partial charge in [0.2, 0.25) is 11.8 Å². The number of fused-ring (bicyclic) bond motifs is 1. The number of amides is 1. The summed E-state index contributed by atoms with van der Waals surface area (Å²) in [6.45, 7) is 4.01. The molecule has 0 aromatic carbocycles. The van der Waals surface area contributed by atoms with Crippen LogP contribution in [0.1, 0.15) is 61.3 Å². The third-order valence-corrected chi connectivity index (χ3v) is 7.61. The van der Waals surface area contributed by atoms with Crippen LogP contribution in [0.15, 0.2) is 4.52 Å². The molecule has 1 N–H and O–H groups in total. The number of hydrogen-bond acceptors (Lipinski definition) is 8. The number of aryl methyl sites for hydroxylation is 1. The van der Waals surface area contributed by atoms with Gasteiger partial charge in [-0.25, -0.2) is 18.2 Å². The molecule has 3 heterocycles. The minimum absolute atomic E-state index is 0.0382. The molecule has 0 bridgehead atoms. The predicted molar refractivity (Wildman–Crippen MR) is 124 cm³/mol. The molecule has 0 spiro atoms. The van der Waals surface area contributed by atoms with E-state index in [9.17, 15) is 13.6 Å². The lowest BCUT2D eigenvalue weighted by Crippen LogP contribution is -2.43. The van der Waals surface area contributed by atoms with Gasteiger partial charge in [0.15, 0.2) is 12.4 Å². The van der Waals surface area contributed by atoms with Crippen LogP contribution in [0, 0.1) is 6.92 Å². The molecule has 8 nitrogen and oxygen atoms in total. The van der Waals surface area contributed by atoms with Crippen LogP contribution < -0.4 is 10.1 Å². The molecule has 35 heavy (non-hydrogen) atoms. The van der Waals surface area contributed by atoms with Gasteiger partial charge < -0.3 is 19.5 Å². The summed E-state index contributed by atoms with van der Waals surface area (Å²) < 4.78 is 51.5. The van der Waals surface area contributed by atoms with Gasteiger partial charge in [0.1, 0.15) is 5.67 Å². The molecule has 0 saturated heterocycles. The fourth-order valence-corrected chi connectivity index (χ4v) is 5.53. The van der Waals surface area contributed by atoms with Crippen molar-refractivity contribution in [3.63, 3.8) is 0 Å². The van der Waals surface area contributed by atoms with Crippen molar-refractivity contribution < 1.29 is 27.2 Å². The highest BCUT2D eigenvalue weighted by molar-refractivity contribution is 7.13. The number of aromatic nitrogens is 3. The first-order chi connectivity index (χ1) is 16.6. The third-order valence-electron chi connectivity index (χ3n) is 6.54. The fourth-order valence-electron chi connectivity index (χ4n) is 4.58. The molecule has 1 amide bonds. The SMILES string of the molecule is Cc1nc(CC(=O)NC2CCC(F)(CCN3CCc4nc(OCC(C)(F)F)sc4CC3)CC2)no1. The maximum absolute atomic E-state index is 15.5. The summed E-state index contributed by atoms with van der Waals surface area (Å²) in [5.74, 6) is -2.29. The van der Waals surface area contributed by atoms with Gasteiger partial charge in [0.05, 0.1) is 12.1 Å². The molecule has 0 atom stereocenters. The largest absolute Gasteiger partial charge is 0.464 e. The molecule has 4 rings (SSSR count). The first-order valence-electron chi connectivity index (χ1n) is 12.1. The Bertz CT molecular complexity index is 975. The standard InChI is InChI=1S/C23H32F3N5O3S/c1-15-27-19(30-34-15)13-20(32)28-16-3-7-23(26,8-4-16)9-12-31-10-5-17-18(6-11-31)35-21(29-17)33-14-22(2,24)25/h16H,3-14H2,1-2H3,(H,28,32). The Balaban J connectivity index is 1.17. The van der Waals surface area contributed by atoms with Crippen molar-refractivity contribution in [2.75, 3.05) is 26.2 Å². The van der Waals surface area contributed by atoms with Crippen molar-refractivity contribution in [3.8, 4) is 5.19 Å². The van der Waals surface area contributed by atoms with Gasteiger partial charge in [0, 0.05) is 50.8 Å². The number of nitrogens with one attached hydrogen (secondary N) is 1. The smallest absolute Gasteiger partial charge is 0.278 e. The summed E-state index contributed by atoms with van der Waals surface area (Å²) in [4.78, 5) is 23.9. The fraction of sp³-hybridized carbons (Fsp3) is 0.739. The average Bonchev–Trinajstić information content (AvgIpc) is 3.33. The Morgan fingerprint density at radius 1 is 1.29 bits per heavy atom. The van der Waals surface area contributed by atoms with Crippen molar-refractivity contribution in [2.45, 2.75) is 82.8 Å². The zero-order valence-corrected chi connectivity index (χ0v) is 20.9. The van der Waals surface area contributed by atoms with Crippen LogP contribution >= 0.6 is 11.3 Å². The third kappa shape index (κ3) is 7.63. The number of carbonyl (C=O) groups excluding carboxylic acids is 1. The molecule has 2 aliphatic rings. The molecule has 1 saturated carbocycles. The molecule has 12 heteroatoms. The zero-order valence-electron chi connectivity index (χ0n) is 20.1. The second-order valence-electron chi connectivity index (χ2n) is 9.70. The maximum atomic E-state index is 15.5. The van der Waals surface area contributed by atoms with Crippen LogP contribution in [-0.2, 0) is 24.1 Å². The van der Waals surface area contributed by atoms with Gasteiger partial charge in [-0.1, -0.05) is 16.5 Å². The quantitative estimate of drug-likeness (QED) is 0.545. The molecule has 2 aromatic rings. The van der Waals surface area contributed by atoms with Crippen molar-refractivity contribution >= 4 is 17.2 Å². The van der Waals surface area contributed by atoms with E-state index in [1.807, 2.05) is 0 Å². The van der Waals surface area contributed by atoms with E-state index in [0.29, 0.717) is 62.0 Å². The topological polar surface area (TPSA) is 93.4 Å². The highest BCUT2D eigenvalue weighted by Gasteiger charge is 2.36. The van der Waals surface area contributed by atoms with Gasteiger partial charge in [-0.15, -0.1) is 0 Å². The zero-order chi connectivity index (χ0) is 25.1. The summed E-state index contributed by atoms with van der Waals surface area (Å²) in [5.41, 5.74) is -0.331. The van der Waals surface area contributed by atoms with E-state index in [4.69, 9.17) is 9.26 Å². The van der Waals surface area contributed by atoms with Crippen LogP contribution in [0.4, 0.5) is 13.2 Å². The number of thiazole rings is 1.